The molecule has 6 nitrogen and oxygen atoms in total. The minimum atomic E-state index is -0.496. The summed E-state index contributed by atoms with van der Waals surface area (Å²) in [6, 6.07) is 14.2. The van der Waals surface area contributed by atoms with E-state index in [4.69, 9.17) is 9.26 Å². The first-order chi connectivity index (χ1) is 14.2. The third-order valence-corrected chi connectivity index (χ3v) is 5.60. The van der Waals surface area contributed by atoms with Crippen molar-refractivity contribution in [3.8, 4) is 5.75 Å². The Balaban J connectivity index is 1.33. The maximum Gasteiger partial charge on any atom is 0.223 e. The van der Waals surface area contributed by atoms with Crippen molar-refractivity contribution in [2.24, 2.45) is 0 Å². The summed E-state index contributed by atoms with van der Waals surface area (Å²) >= 11 is 0. The molecule has 0 atom stereocenters. The van der Waals surface area contributed by atoms with Crippen LogP contribution < -0.4 is 10.1 Å². The van der Waals surface area contributed by atoms with Crippen LogP contribution >= 0.6 is 0 Å². The summed E-state index contributed by atoms with van der Waals surface area (Å²) in [5.74, 6) is 2.00. The Morgan fingerprint density at radius 1 is 1.14 bits per heavy atom. The molecule has 1 aromatic heterocycles. The van der Waals surface area contributed by atoms with E-state index in [9.17, 15) is 4.79 Å². The summed E-state index contributed by atoms with van der Waals surface area (Å²) in [6.45, 7) is 2.27. The lowest BCUT2D eigenvalue weighted by atomic mass is 9.81. The van der Waals surface area contributed by atoms with Gasteiger partial charge < -0.3 is 14.6 Å². The first kappa shape index (κ1) is 19.4. The number of ether oxygens (including phenoxy) is 1. The molecule has 0 spiro atoms. The van der Waals surface area contributed by atoms with E-state index in [-0.39, 0.29) is 5.91 Å². The van der Waals surface area contributed by atoms with Gasteiger partial charge in [-0.25, -0.2) is 0 Å². The Morgan fingerprint density at radius 3 is 2.72 bits per heavy atom. The molecule has 0 aliphatic heterocycles. The number of hydrogen-bond donors (Lipinski definition) is 1. The SMILES string of the molecule is Cc1nc(C2(NC(=O)CCCOc3cccc4ccccc34)CCCCC2)no1. The summed E-state index contributed by atoms with van der Waals surface area (Å²) in [7, 11) is 0. The van der Waals surface area contributed by atoms with Gasteiger partial charge in [-0.3, -0.25) is 4.79 Å². The predicted molar refractivity (Wildman–Crippen MR) is 111 cm³/mol. The number of fused-ring (bicyclic) bond motifs is 1. The fraction of sp³-hybridized carbons (Fsp3) is 0.435. The molecule has 3 aromatic rings. The number of benzene rings is 2. The van der Waals surface area contributed by atoms with Crippen LogP contribution in [0.15, 0.2) is 47.0 Å². The average molecular weight is 393 g/mol. The van der Waals surface area contributed by atoms with Crippen molar-refractivity contribution >= 4 is 16.7 Å². The Bertz CT molecular complexity index is 971. The van der Waals surface area contributed by atoms with Crippen LogP contribution in [0.2, 0.25) is 0 Å². The average Bonchev–Trinajstić information content (AvgIpc) is 3.19. The van der Waals surface area contributed by atoms with Crippen LogP contribution in [0.4, 0.5) is 0 Å². The number of carbonyl (C=O) groups excluding carboxylic acids is 1. The van der Waals surface area contributed by atoms with E-state index in [1.54, 1.807) is 6.92 Å². The van der Waals surface area contributed by atoms with Gasteiger partial charge in [0.2, 0.25) is 11.8 Å². The highest BCUT2D eigenvalue weighted by atomic mass is 16.5. The molecule has 0 unspecified atom stereocenters. The first-order valence-electron chi connectivity index (χ1n) is 10.4. The monoisotopic (exact) mass is 393 g/mol. The number of carbonyl (C=O) groups is 1. The molecule has 0 radical (unpaired) electrons. The third kappa shape index (κ3) is 4.42. The van der Waals surface area contributed by atoms with Crippen molar-refractivity contribution in [2.45, 2.75) is 57.4 Å². The second-order valence-electron chi connectivity index (χ2n) is 7.76. The molecule has 1 heterocycles. The summed E-state index contributed by atoms with van der Waals surface area (Å²) in [4.78, 5) is 17.1. The van der Waals surface area contributed by atoms with Crippen molar-refractivity contribution in [1.82, 2.24) is 15.5 Å². The third-order valence-electron chi connectivity index (χ3n) is 5.60. The fourth-order valence-corrected chi connectivity index (χ4v) is 4.12. The summed E-state index contributed by atoms with van der Waals surface area (Å²) < 4.78 is 11.1. The van der Waals surface area contributed by atoms with Gasteiger partial charge in [0.25, 0.3) is 0 Å². The van der Waals surface area contributed by atoms with E-state index in [0.717, 1.165) is 42.2 Å². The van der Waals surface area contributed by atoms with Gasteiger partial charge in [0, 0.05) is 18.7 Å². The van der Waals surface area contributed by atoms with E-state index >= 15 is 0 Å². The van der Waals surface area contributed by atoms with Gasteiger partial charge in [-0.05, 0) is 30.7 Å². The second kappa shape index (κ2) is 8.64. The maximum absolute atomic E-state index is 12.7. The molecule has 1 N–H and O–H groups in total. The van der Waals surface area contributed by atoms with Crippen LogP contribution in [0.5, 0.6) is 5.75 Å². The standard InChI is InChI=1S/C23H27N3O3/c1-17-24-22(26-29-17)23(14-5-2-6-15-23)25-21(27)13-8-16-28-20-12-7-10-18-9-3-4-11-19(18)20/h3-4,7,9-12H,2,5-6,8,13-16H2,1H3,(H,25,27). The number of rotatable bonds is 7. The van der Waals surface area contributed by atoms with Gasteiger partial charge in [-0.2, -0.15) is 4.98 Å². The van der Waals surface area contributed by atoms with Gasteiger partial charge in [0.05, 0.1) is 6.61 Å². The van der Waals surface area contributed by atoms with E-state index in [1.165, 1.54) is 6.42 Å². The lowest BCUT2D eigenvalue weighted by Crippen LogP contribution is -2.48. The summed E-state index contributed by atoms with van der Waals surface area (Å²) in [5.41, 5.74) is -0.496. The number of aromatic nitrogens is 2. The molecule has 1 saturated carbocycles. The molecule has 29 heavy (non-hydrogen) atoms. The number of aryl methyl sites for hydroxylation is 1. The zero-order valence-corrected chi connectivity index (χ0v) is 16.8. The summed E-state index contributed by atoms with van der Waals surface area (Å²) in [5, 5.41) is 9.56. The highest BCUT2D eigenvalue weighted by molar-refractivity contribution is 5.88. The molecular weight excluding hydrogens is 366 g/mol. The lowest BCUT2D eigenvalue weighted by molar-refractivity contribution is -0.124. The quantitative estimate of drug-likeness (QED) is 0.591. The van der Waals surface area contributed by atoms with E-state index in [0.29, 0.717) is 31.2 Å². The number of amides is 1. The van der Waals surface area contributed by atoms with Gasteiger partial charge in [-0.1, -0.05) is 60.8 Å². The number of nitrogens with one attached hydrogen (secondary N) is 1. The molecule has 6 heteroatoms. The zero-order chi connectivity index (χ0) is 20.1. The molecule has 1 fully saturated rings. The van der Waals surface area contributed by atoms with Gasteiger partial charge >= 0.3 is 0 Å². The Hall–Kier alpha value is -2.89. The van der Waals surface area contributed by atoms with Gasteiger partial charge in [-0.15, -0.1) is 0 Å². The minimum absolute atomic E-state index is 0.0101. The van der Waals surface area contributed by atoms with E-state index in [2.05, 4.69) is 33.7 Å². The van der Waals surface area contributed by atoms with Crippen molar-refractivity contribution in [3.63, 3.8) is 0 Å². The Morgan fingerprint density at radius 2 is 1.93 bits per heavy atom. The normalized spacial score (nSPS) is 15.9. The van der Waals surface area contributed by atoms with Crippen LogP contribution in [0.25, 0.3) is 10.8 Å². The van der Waals surface area contributed by atoms with Gasteiger partial charge in [0.15, 0.2) is 5.82 Å². The van der Waals surface area contributed by atoms with Crippen molar-refractivity contribution in [1.29, 1.82) is 0 Å². The maximum atomic E-state index is 12.7. The van der Waals surface area contributed by atoms with Crippen molar-refractivity contribution < 1.29 is 14.1 Å². The highest BCUT2D eigenvalue weighted by Gasteiger charge is 2.39. The minimum Gasteiger partial charge on any atom is -0.493 e. The summed E-state index contributed by atoms with van der Waals surface area (Å²) in [6.07, 6.45) is 6.04. The number of hydrogen-bond acceptors (Lipinski definition) is 5. The van der Waals surface area contributed by atoms with Crippen LogP contribution in [0.1, 0.15) is 56.7 Å². The Kier molecular flexibility index (Phi) is 5.79. The molecule has 1 amide bonds. The van der Waals surface area contributed by atoms with Crippen molar-refractivity contribution in [2.75, 3.05) is 6.61 Å². The van der Waals surface area contributed by atoms with Crippen LogP contribution in [0.3, 0.4) is 0 Å². The molecule has 0 saturated heterocycles. The largest absolute Gasteiger partial charge is 0.493 e. The van der Waals surface area contributed by atoms with E-state index in [1.807, 2.05) is 24.3 Å². The van der Waals surface area contributed by atoms with Crippen LogP contribution in [-0.4, -0.2) is 22.7 Å². The highest BCUT2D eigenvalue weighted by Crippen LogP contribution is 2.35. The van der Waals surface area contributed by atoms with E-state index < -0.39 is 5.54 Å². The lowest BCUT2D eigenvalue weighted by Gasteiger charge is -2.35. The Labute approximate surface area is 170 Å². The van der Waals surface area contributed by atoms with Crippen LogP contribution in [0, 0.1) is 6.92 Å². The molecule has 2 aromatic carbocycles. The molecule has 1 aliphatic rings. The van der Waals surface area contributed by atoms with Crippen molar-refractivity contribution in [3.05, 3.63) is 54.2 Å². The molecule has 0 bridgehead atoms. The smallest absolute Gasteiger partial charge is 0.223 e. The molecule has 4 rings (SSSR count). The predicted octanol–water partition coefficient (Wildman–Crippen LogP) is 4.67. The zero-order valence-electron chi connectivity index (χ0n) is 16.8. The molecule has 152 valence electrons. The second-order valence-corrected chi connectivity index (χ2v) is 7.76. The first-order valence-corrected chi connectivity index (χ1v) is 10.4. The number of nitrogens with zero attached hydrogens (tertiary/aromatic N) is 2. The molecular formula is C23H27N3O3. The van der Waals surface area contributed by atoms with Gasteiger partial charge in [0.1, 0.15) is 11.3 Å². The fourth-order valence-electron chi connectivity index (χ4n) is 4.12. The topological polar surface area (TPSA) is 77.2 Å². The molecule has 1 aliphatic carbocycles. The van der Waals surface area contributed by atoms with Crippen LogP contribution in [-0.2, 0) is 10.3 Å².